The standard InChI is InChI=1S/C15H23N7O4/c1-7(2)4-9-13(24)22(20-8(3)23)14(25)15(26-9)21-6-19-10-11(16)17-5-18-12(10)21/h5-7,9,13-15,24-25H,4H2,1-3H3,(H,20,23)(H2,16,17,18)/t9-,13?,14?,15-/m1/s1. The van der Waals surface area contributed by atoms with Gasteiger partial charge in [0.15, 0.2) is 30.1 Å². The zero-order chi connectivity index (χ0) is 19.0. The lowest BCUT2D eigenvalue weighted by Crippen LogP contribution is -2.64. The quantitative estimate of drug-likeness (QED) is 0.553. The van der Waals surface area contributed by atoms with Crippen LogP contribution in [0, 0.1) is 5.92 Å². The minimum Gasteiger partial charge on any atom is -0.382 e. The Morgan fingerprint density at radius 2 is 2.08 bits per heavy atom. The number of aromatic nitrogens is 4. The van der Waals surface area contributed by atoms with Crippen LogP contribution >= 0.6 is 0 Å². The highest BCUT2D eigenvalue weighted by molar-refractivity contribution is 5.81. The van der Waals surface area contributed by atoms with Gasteiger partial charge in [-0.2, -0.15) is 5.01 Å². The van der Waals surface area contributed by atoms with E-state index in [1.54, 1.807) is 0 Å². The average molecular weight is 365 g/mol. The Morgan fingerprint density at radius 3 is 2.73 bits per heavy atom. The molecule has 0 bridgehead atoms. The summed E-state index contributed by atoms with van der Waals surface area (Å²) < 4.78 is 7.46. The van der Waals surface area contributed by atoms with Crippen molar-refractivity contribution in [3.8, 4) is 0 Å². The van der Waals surface area contributed by atoms with Gasteiger partial charge < -0.3 is 20.7 Å². The lowest BCUT2D eigenvalue weighted by molar-refractivity contribution is -0.298. The van der Waals surface area contributed by atoms with Crippen molar-refractivity contribution in [1.29, 1.82) is 0 Å². The molecule has 1 saturated heterocycles. The molecule has 1 aliphatic rings. The number of hydrazine groups is 1. The minimum absolute atomic E-state index is 0.205. The molecular weight excluding hydrogens is 342 g/mol. The van der Waals surface area contributed by atoms with Gasteiger partial charge in [0, 0.05) is 6.92 Å². The van der Waals surface area contributed by atoms with Crippen molar-refractivity contribution >= 4 is 22.9 Å². The van der Waals surface area contributed by atoms with Gasteiger partial charge in [0.1, 0.15) is 17.9 Å². The fraction of sp³-hybridized carbons (Fsp3) is 0.600. The molecule has 1 amide bonds. The zero-order valence-corrected chi connectivity index (χ0v) is 14.8. The summed E-state index contributed by atoms with van der Waals surface area (Å²) in [7, 11) is 0. The van der Waals surface area contributed by atoms with Crippen LogP contribution in [0.2, 0.25) is 0 Å². The maximum absolute atomic E-state index is 11.5. The molecule has 0 saturated carbocycles. The third-order valence-electron chi connectivity index (χ3n) is 4.12. The number of morpholine rings is 1. The number of amides is 1. The zero-order valence-electron chi connectivity index (χ0n) is 14.8. The molecule has 3 rings (SSSR count). The number of aliphatic hydroxyl groups is 2. The normalized spacial score (nSPS) is 27.2. The van der Waals surface area contributed by atoms with Crippen LogP contribution in [0.3, 0.4) is 0 Å². The summed E-state index contributed by atoms with van der Waals surface area (Å²) in [4.78, 5) is 23.7. The number of ether oxygens (including phenoxy) is 1. The van der Waals surface area contributed by atoms with Crippen LogP contribution in [-0.4, -0.2) is 59.2 Å². The smallest absolute Gasteiger partial charge is 0.231 e. The van der Waals surface area contributed by atoms with Gasteiger partial charge in [-0.1, -0.05) is 13.8 Å². The summed E-state index contributed by atoms with van der Waals surface area (Å²) in [6.45, 7) is 5.26. The van der Waals surface area contributed by atoms with E-state index in [1.807, 2.05) is 13.8 Å². The van der Waals surface area contributed by atoms with E-state index in [0.717, 1.165) is 5.01 Å². The molecule has 2 unspecified atom stereocenters. The van der Waals surface area contributed by atoms with E-state index < -0.39 is 30.7 Å². The second kappa shape index (κ2) is 7.11. The summed E-state index contributed by atoms with van der Waals surface area (Å²) in [5, 5.41) is 22.3. The highest BCUT2D eigenvalue weighted by atomic mass is 16.6. The molecule has 142 valence electrons. The van der Waals surface area contributed by atoms with Gasteiger partial charge in [0.25, 0.3) is 0 Å². The lowest BCUT2D eigenvalue weighted by Gasteiger charge is -2.45. The lowest BCUT2D eigenvalue weighted by atomic mass is 10.0. The highest BCUT2D eigenvalue weighted by Gasteiger charge is 2.44. The Hall–Kier alpha value is -2.34. The SMILES string of the molecule is CC(=O)NN1C(O)[C@H](n2cnc3c(N)ncnc32)O[C@H](CC(C)C)C1O. The summed E-state index contributed by atoms with van der Waals surface area (Å²) in [5.41, 5.74) is 9.02. The number of aliphatic hydroxyl groups excluding tert-OH is 2. The first-order chi connectivity index (χ1) is 12.3. The number of nitrogens with one attached hydrogen (secondary N) is 1. The van der Waals surface area contributed by atoms with Crippen molar-refractivity contribution in [2.75, 3.05) is 5.73 Å². The molecule has 26 heavy (non-hydrogen) atoms. The number of anilines is 1. The molecule has 2 aromatic heterocycles. The van der Waals surface area contributed by atoms with Crippen molar-refractivity contribution in [2.24, 2.45) is 5.92 Å². The first kappa shape index (κ1) is 18.5. The molecule has 0 aromatic carbocycles. The van der Waals surface area contributed by atoms with Crippen LogP contribution in [0.1, 0.15) is 33.4 Å². The van der Waals surface area contributed by atoms with E-state index in [4.69, 9.17) is 10.5 Å². The maximum atomic E-state index is 11.5. The van der Waals surface area contributed by atoms with E-state index in [0.29, 0.717) is 17.6 Å². The van der Waals surface area contributed by atoms with Crippen LogP contribution in [0.25, 0.3) is 11.2 Å². The number of rotatable bonds is 4. The topological polar surface area (TPSA) is 152 Å². The van der Waals surface area contributed by atoms with Crippen molar-refractivity contribution in [3.05, 3.63) is 12.7 Å². The summed E-state index contributed by atoms with van der Waals surface area (Å²) in [5.74, 6) is 0.00728. The van der Waals surface area contributed by atoms with Gasteiger partial charge >= 0.3 is 0 Å². The second-order valence-electron chi connectivity index (χ2n) is 6.68. The van der Waals surface area contributed by atoms with E-state index in [9.17, 15) is 15.0 Å². The maximum Gasteiger partial charge on any atom is 0.231 e. The molecule has 11 heteroatoms. The third kappa shape index (κ3) is 3.33. The Bertz CT molecular complexity index is 795. The van der Waals surface area contributed by atoms with Crippen LogP contribution in [0.5, 0.6) is 0 Å². The average Bonchev–Trinajstić information content (AvgIpc) is 2.99. The molecule has 3 heterocycles. The molecule has 0 radical (unpaired) electrons. The third-order valence-corrected chi connectivity index (χ3v) is 4.12. The Morgan fingerprint density at radius 1 is 1.35 bits per heavy atom. The molecule has 4 atom stereocenters. The first-order valence-corrected chi connectivity index (χ1v) is 8.29. The van der Waals surface area contributed by atoms with Gasteiger partial charge in [-0.25, -0.2) is 15.0 Å². The predicted molar refractivity (Wildman–Crippen MR) is 90.8 cm³/mol. The van der Waals surface area contributed by atoms with Gasteiger partial charge in [-0.05, 0) is 12.3 Å². The molecule has 5 N–H and O–H groups in total. The van der Waals surface area contributed by atoms with Crippen LogP contribution < -0.4 is 11.2 Å². The molecule has 1 aliphatic heterocycles. The van der Waals surface area contributed by atoms with Crippen molar-refractivity contribution in [3.63, 3.8) is 0 Å². The van der Waals surface area contributed by atoms with E-state index in [-0.39, 0.29) is 11.7 Å². The van der Waals surface area contributed by atoms with E-state index in [2.05, 4.69) is 20.4 Å². The van der Waals surface area contributed by atoms with Gasteiger partial charge in [-0.15, -0.1) is 0 Å². The van der Waals surface area contributed by atoms with Crippen LogP contribution in [-0.2, 0) is 9.53 Å². The Labute approximate surface area is 149 Å². The fourth-order valence-electron chi connectivity index (χ4n) is 3.01. The van der Waals surface area contributed by atoms with Crippen LogP contribution in [0.15, 0.2) is 12.7 Å². The molecule has 11 nitrogen and oxygen atoms in total. The molecule has 0 spiro atoms. The number of nitrogens with zero attached hydrogens (tertiary/aromatic N) is 5. The predicted octanol–water partition coefficient (Wildman–Crippen LogP) is -0.658. The molecular formula is C15H23N7O4. The highest BCUT2D eigenvalue weighted by Crippen LogP contribution is 2.32. The van der Waals surface area contributed by atoms with Gasteiger partial charge in [-0.3, -0.25) is 14.8 Å². The Balaban J connectivity index is 2.00. The van der Waals surface area contributed by atoms with Crippen molar-refractivity contribution in [1.82, 2.24) is 30.0 Å². The number of hydrogen-bond acceptors (Lipinski definition) is 9. The van der Waals surface area contributed by atoms with Crippen LogP contribution in [0.4, 0.5) is 5.82 Å². The monoisotopic (exact) mass is 365 g/mol. The number of nitrogen functional groups attached to an aromatic ring is 1. The number of nitrogens with two attached hydrogens (primary N) is 1. The van der Waals surface area contributed by atoms with Gasteiger partial charge in [0.2, 0.25) is 5.91 Å². The van der Waals surface area contributed by atoms with E-state index >= 15 is 0 Å². The summed E-state index contributed by atoms with van der Waals surface area (Å²) in [6.07, 6.45) is -0.950. The van der Waals surface area contributed by atoms with Crippen molar-refractivity contribution < 1.29 is 19.7 Å². The fourth-order valence-corrected chi connectivity index (χ4v) is 3.01. The van der Waals surface area contributed by atoms with Crippen molar-refractivity contribution in [2.45, 2.75) is 52.0 Å². The molecule has 1 fully saturated rings. The van der Waals surface area contributed by atoms with Gasteiger partial charge in [0.05, 0.1) is 6.33 Å². The Kier molecular flexibility index (Phi) is 5.05. The molecule has 0 aliphatic carbocycles. The number of imidazole rings is 1. The summed E-state index contributed by atoms with van der Waals surface area (Å²) >= 11 is 0. The second-order valence-corrected chi connectivity index (χ2v) is 6.68. The molecule has 2 aromatic rings. The number of carbonyl (C=O) groups excluding carboxylic acids is 1. The number of carbonyl (C=O) groups is 1. The number of hydrogen-bond donors (Lipinski definition) is 4. The largest absolute Gasteiger partial charge is 0.382 e. The minimum atomic E-state index is -1.37. The van der Waals surface area contributed by atoms with E-state index in [1.165, 1.54) is 24.1 Å². The first-order valence-electron chi connectivity index (χ1n) is 8.29. The number of fused-ring (bicyclic) bond motifs is 1. The summed E-state index contributed by atoms with van der Waals surface area (Å²) in [6, 6.07) is 0.